The van der Waals surface area contributed by atoms with Crippen LogP contribution in [-0.4, -0.2) is 40.9 Å². The molecule has 1 heterocycles. The van der Waals surface area contributed by atoms with Gasteiger partial charge in [-0.3, -0.25) is 4.68 Å². The summed E-state index contributed by atoms with van der Waals surface area (Å²) in [5, 5.41) is 8.38. The van der Waals surface area contributed by atoms with Crippen molar-refractivity contribution in [2.75, 3.05) is 20.6 Å². The number of hydrogen-bond donors (Lipinski definition) is 1. The van der Waals surface area contributed by atoms with Crippen LogP contribution in [0.15, 0.2) is 12.3 Å². The van der Waals surface area contributed by atoms with Crippen LogP contribution in [0, 0.1) is 5.92 Å². The van der Waals surface area contributed by atoms with E-state index in [1.165, 1.54) is 31.4 Å². The molecular formula is C16H30N4. The van der Waals surface area contributed by atoms with E-state index in [2.05, 4.69) is 55.5 Å². The quantitative estimate of drug-likeness (QED) is 0.898. The van der Waals surface area contributed by atoms with Crippen molar-refractivity contribution < 1.29 is 0 Å². The first-order valence-corrected chi connectivity index (χ1v) is 7.90. The van der Waals surface area contributed by atoms with Crippen molar-refractivity contribution in [1.29, 1.82) is 0 Å². The van der Waals surface area contributed by atoms with Gasteiger partial charge in [-0.1, -0.05) is 13.8 Å². The minimum Gasteiger partial charge on any atom is -0.307 e. The van der Waals surface area contributed by atoms with Gasteiger partial charge in [-0.05, 0) is 58.3 Å². The molecule has 0 saturated heterocycles. The molecule has 0 aromatic carbocycles. The molecule has 0 amide bonds. The Morgan fingerprint density at radius 2 is 2.10 bits per heavy atom. The van der Waals surface area contributed by atoms with E-state index in [9.17, 15) is 0 Å². The van der Waals surface area contributed by atoms with E-state index < -0.39 is 0 Å². The zero-order valence-corrected chi connectivity index (χ0v) is 13.7. The highest BCUT2D eigenvalue weighted by atomic mass is 15.3. The van der Waals surface area contributed by atoms with Crippen LogP contribution in [0.1, 0.15) is 51.3 Å². The molecule has 1 N–H and O–H groups in total. The Balaban J connectivity index is 2.32. The monoisotopic (exact) mass is 278 g/mol. The lowest BCUT2D eigenvalue weighted by Crippen LogP contribution is -2.55. The summed E-state index contributed by atoms with van der Waals surface area (Å²) in [6, 6.07) is 2.48. The third-order valence-electron chi connectivity index (χ3n) is 5.01. The summed E-state index contributed by atoms with van der Waals surface area (Å²) in [7, 11) is 6.45. The van der Waals surface area contributed by atoms with Gasteiger partial charge in [0, 0.05) is 18.8 Å². The number of hydrogen-bond acceptors (Lipinski definition) is 3. The van der Waals surface area contributed by atoms with Crippen LogP contribution in [0.4, 0.5) is 0 Å². The molecule has 0 aliphatic heterocycles. The van der Waals surface area contributed by atoms with E-state index in [4.69, 9.17) is 0 Å². The molecule has 0 bridgehead atoms. The first kappa shape index (κ1) is 15.5. The second kappa shape index (κ2) is 6.27. The van der Waals surface area contributed by atoms with Gasteiger partial charge in [-0.15, -0.1) is 0 Å². The van der Waals surface area contributed by atoms with Gasteiger partial charge in [-0.25, -0.2) is 0 Å². The molecule has 1 unspecified atom stereocenters. The van der Waals surface area contributed by atoms with Crippen LogP contribution in [0.2, 0.25) is 0 Å². The molecule has 20 heavy (non-hydrogen) atoms. The maximum absolute atomic E-state index is 4.68. The summed E-state index contributed by atoms with van der Waals surface area (Å²) in [5.41, 5.74) is 1.37. The molecule has 1 aliphatic rings. The first-order valence-electron chi connectivity index (χ1n) is 7.90. The van der Waals surface area contributed by atoms with Gasteiger partial charge in [0.2, 0.25) is 0 Å². The van der Waals surface area contributed by atoms with Crippen LogP contribution in [0.3, 0.4) is 0 Å². The van der Waals surface area contributed by atoms with Gasteiger partial charge in [-0.2, -0.15) is 5.10 Å². The van der Waals surface area contributed by atoms with Crippen LogP contribution in [-0.2, 0) is 7.05 Å². The van der Waals surface area contributed by atoms with Gasteiger partial charge in [0.05, 0.1) is 11.7 Å². The molecule has 1 aromatic rings. The average molecular weight is 278 g/mol. The van der Waals surface area contributed by atoms with Gasteiger partial charge in [0.15, 0.2) is 0 Å². The van der Waals surface area contributed by atoms with E-state index >= 15 is 0 Å². The minimum absolute atomic E-state index is 0.191. The van der Waals surface area contributed by atoms with Crippen molar-refractivity contribution in [1.82, 2.24) is 20.0 Å². The second-order valence-corrected chi connectivity index (χ2v) is 6.59. The van der Waals surface area contributed by atoms with Gasteiger partial charge >= 0.3 is 0 Å². The Kier molecular flexibility index (Phi) is 4.86. The molecule has 4 nitrogen and oxygen atoms in total. The topological polar surface area (TPSA) is 33.1 Å². The van der Waals surface area contributed by atoms with E-state index in [-0.39, 0.29) is 5.54 Å². The lowest BCUT2D eigenvalue weighted by atomic mass is 9.71. The molecule has 0 radical (unpaired) electrons. The SMILES string of the molecule is CCNC(c1ccn(C)n1)C1(N(C)C)CCC(C)CC1. The largest absolute Gasteiger partial charge is 0.307 e. The van der Waals surface area contributed by atoms with E-state index in [0.717, 1.165) is 12.5 Å². The maximum atomic E-state index is 4.68. The molecule has 114 valence electrons. The van der Waals surface area contributed by atoms with Crippen molar-refractivity contribution in [2.45, 2.75) is 51.1 Å². The van der Waals surface area contributed by atoms with Crippen LogP contribution in [0.5, 0.6) is 0 Å². The Morgan fingerprint density at radius 1 is 1.45 bits per heavy atom. The van der Waals surface area contributed by atoms with Crippen molar-refractivity contribution in [2.24, 2.45) is 13.0 Å². The fourth-order valence-electron chi connectivity index (χ4n) is 3.62. The number of rotatable bonds is 5. The van der Waals surface area contributed by atoms with Crippen LogP contribution in [0.25, 0.3) is 0 Å². The lowest BCUT2D eigenvalue weighted by molar-refractivity contribution is 0.0418. The number of aryl methyl sites for hydroxylation is 1. The van der Waals surface area contributed by atoms with Crippen LogP contribution < -0.4 is 5.32 Å². The molecule has 1 aromatic heterocycles. The molecule has 4 heteroatoms. The molecule has 1 fully saturated rings. The third kappa shape index (κ3) is 2.91. The Morgan fingerprint density at radius 3 is 2.55 bits per heavy atom. The minimum atomic E-state index is 0.191. The fraction of sp³-hybridized carbons (Fsp3) is 0.812. The molecule has 1 aliphatic carbocycles. The predicted molar refractivity (Wildman–Crippen MR) is 83.7 cm³/mol. The van der Waals surface area contributed by atoms with Crippen molar-refractivity contribution in [3.63, 3.8) is 0 Å². The standard InChI is InChI=1S/C16H30N4/c1-6-17-15(14-9-12-20(5)18-14)16(19(3)4)10-7-13(2)8-11-16/h9,12-13,15,17H,6-8,10-11H2,1-5H3. The Bertz CT molecular complexity index is 416. The van der Waals surface area contributed by atoms with E-state index in [0.29, 0.717) is 6.04 Å². The summed E-state index contributed by atoms with van der Waals surface area (Å²) in [5.74, 6) is 0.856. The molecule has 2 rings (SSSR count). The summed E-state index contributed by atoms with van der Waals surface area (Å²) in [4.78, 5) is 2.43. The number of nitrogens with one attached hydrogen (secondary N) is 1. The summed E-state index contributed by atoms with van der Waals surface area (Å²) < 4.78 is 1.91. The number of aromatic nitrogens is 2. The lowest BCUT2D eigenvalue weighted by Gasteiger charge is -2.49. The first-order chi connectivity index (χ1) is 9.49. The molecular weight excluding hydrogens is 248 g/mol. The van der Waals surface area contributed by atoms with Crippen molar-refractivity contribution >= 4 is 0 Å². The zero-order valence-electron chi connectivity index (χ0n) is 13.7. The zero-order chi connectivity index (χ0) is 14.8. The van der Waals surface area contributed by atoms with Crippen molar-refractivity contribution in [3.8, 4) is 0 Å². The maximum Gasteiger partial charge on any atom is 0.0812 e. The highest BCUT2D eigenvalue weighted by molar-refractivity contribution is 5.15. The van der Waals surface area contributed by atoms with E-state index in [1.54, 1.807) is 0 Å². The average Bonchev–Trinajstić information content (AvgIpc) is 2.83. The number of nitrogens with zero attached hydrogens (tertiary/aromatic N) is 3. The molecule has 1 atom stereocenters. The molecule has 1 saturated carbocycles. The Labute approximate surface area is 123 Å². The van der Waals surface area contributed by atoms with Gasteiger partial charge < -0.3 is 10.2 Å². The summed E-state index contributed by atoms with van der Waals surface area (Å²) >= 11 is 0. The second-order valence-electron chi connectivity index (χ2n) is 6.59. The molecule has 0 spiro atoms. The van der Waals surface area contributed by atoms with Gasteiger partial charge in [0.1, 0.15) is 0 Å². The highest BCUT2D eigenvalue weighted by Crippen LogP contribution is 2.43. The third-order valence-corrected chi connectivity index (χ3v) is 5.01. The fourth-order valence-corrected chi connectivity index (χ4v) is 3.62. The summed E-state index contributed by atoms with van der Waals surface area (Å²) in [6.07, 6.45) is 7.17. The summed E-state index contributed by atoms with van der Waals surface area (Å²) in [6.45, 7) is 5.54. The van der Waals surface area contributed by atoms with Gasteiger partial charge in [0.25, 0.3) is 0 Å². The van der Waals surface area contributed by atoms with E-state index in [1.807, 2.05) is 11.7 Å². The predicted octanol–water partition coefficient (Wildman–Crippen LogP) is 2.58. The number of likely N-dealkylation sites (N-methyl/N-ethyl adjacent to an activating group) is 2. The smallest absolute Gasteiger partial charge is 0.0812 e. The highest BCUT2D eigenvalue weighted by Gasteiger charge is 2.44. The van der Waals surface area contributed by atoms with Crippen LogP contribution >= 0.6 is 0 Å². The van der Waals surface area contributed by atoms with Crippen molar-refractivity contribution in [3.05, 3.63) is 18.0 Å². The Hall–Kier alpha value is -0.870. The normalized spacial score (nSPS) is 28.8.